The van der Waals surface area contributed by atoms with Crippen molar-refractivity contribution >= 4 is 21.4 Å². The Kier molecular flexibility index (Phi) is 5.08. The van der Waals surface area contributed by atoms with Crippen LogP contribution in [0.5, 0.6) is 11.5 Å². The molecule has 1 aromatic rings. The first-order chi connectivity index (χ1) is 11.9. The van der Waals surface area contributed by atoms with E-state index >= 15 is 0 Å². The summed E-state index contributed by atoms with van der Waals surface area (Å²) in [6, 6.07) is 4.77. The van der Waals surface area contributed by atoms with Crippen molar-refractivity contribution in [2.75, 3.05) is 36.6 Å². The van der Waals surface area contributed by atoms with Gasteiger partial charge in [-0.05, 0) is 32.4 Å². The summed E-state index contributed by atoms with van der Waals surface area (Å²) in [6.07, 6.45) is 0.513. The lowest BCUT2D eigenvalue weighted by molar-refractivity contribution is -0.133. The number of benzene rings is 1. The van der Waals surface area contributed by atoms with Crippen LogP contribution in [-0.2, 0) is 14.6 Å². The average molecular weight is 368 g/mol. The molecule has 2 heterocycles. The number of hydrogen-bond donors (Lipinski definition) is 1. The van der Waals surface area contributed by atoms with E-state index < -0.39 is 15.9 Å². The topological polar surface area (TPSA) is 84.9 Å². The maximum absolute atomic E-state index is 12.8. The second-order valence-corrected chi connectivity index (χ2v) is 8.63. The van der Waals surface area contributed by atoms with Crippen LogP contribution in [0.4, 0.5) is 5.69 Å². The van der Waals surface area contributed by atoms with Gasteiger partial charge in [0, 0.05) is 24.3 Å². The predicted octanol–water partition coefficient (Wildman–Crippen LogP) is 1.29. The van der Waals surface area contributed by atoms with E-state index in [1.54, 1.807) is 11.8 Å². The van der Waals surface area contributed by atoms with Crippen molar-refractivity contribution in [1.82, 2.24) is 4.90 Å². The number of ether oxygens (including phenoxy) is 2. The number of carbonyl (C=O) groups is 1. The zero-order valence-electron chi connectivity index (χ0n) is 14.5. The third kappa shape index (κ3) is 4.00. The van der Waals surface area contributed by atoms with Gasteiger partial charge < -0.3 is 19.7 Å². The van der Waals surface area contributed by atoms with Crippen LogP contribution >= 0.6 is 0 Å². The van der Waals surface area contributed by atoms with Gasteiger partial charge in [0.25, 0.3) is 0 Å². The van der Waals surface area contributed by atoms with Crippen LogP contribution in [0.25, 0.3) is 0 Å². The highest BCUT2D eigenvalue weighted by Gasteiger charge is 2.35. The van der Waals surface area contributed by atoms with E-state index in [0.29, 0.717) is 37.7 Å². The highest BCUT2D eigenvalue weighted by Crippen LogP contribution is 2.32. The molecule has 25 heavy (non-hydrogen) atoms. The first kappa shape index (κ1) is 17.8. The number of sulfone groups is 1. The zero-order valence-corrected chi connectivity index (χ0v) is 15.3. The quantitative estimate of drug-likeness (QED) is 0.843. The van der Waals surface area contributed by atoms with Crippen LogP contribution in [0.1, 0.15) is 20.3 Å². The summed E-state index contributed by atoms with van der Waals surface area (Å²) in [6.45, 7) is 5.19. The smallest absolute Gasteiger partial charge is 0.245 e. The lowest BCUT2D eigenvalue weighted by Crippen LogP contribution is -2.47. The van der Waals surface area contributed by atoms with Gasteiger partial charge in [0.1, 0.15) is 19.3 Å². The van der Waals surface area contributed by atoms with E-state index in [1.165, 1.54) is 0 Å². The molecule has 0 unspecified atom stereocenters. The number of hydrogen-bond acceptors (Lipinski definition) is 6. The standard InChI is InChI=1S/C17H24N2O5S/c1-3-19(14-6-9-25(21,22)11-14)17(20)12(2)18-13-4-5-15-16(10-13)24-8-7-23-15/h4-5,10,12,14,18H,3,6-9,11H2,1-2H3/t12-,14-/m1/s1. The molecule has 7 nitrogen and oxygen atoms in total. The lowest BCUT2D eigenvalue weighted by Gasteiger charge is -2.30. The number of fused-ring (bicyclic) bond motifs is 1. The van der Waals surface area contributed by atoms with Gasteiger partial charge in [0.2, 0.25) is 5.91 Å². The van der Waals surface area contributed by atoms with Gasteiger partial charge in [0.15, 0.2) is 21.3 Å². The average Bonchev–Trinajstić information content (AvgIpc) is 2.95. The molecule has 1 amide bonds. The van der Waals surface area contributed by atoms with Crippen LogP contribution in [-0.4, -0.2) is 62.6 Å². The molecule has 138 valence electrons. The Bertz CT molecular complexity index is 749. The fourth-order valence-corrected chi connectivity index (χ4v) is 5.04. The summed E-state index contributed by atoms with van der Waals surface area (Å²) in [5, 5.41) is 3.17. The number of amides is 1. The van der Waals surface area contributed by atoms with Gasteiger partial charge in [-0.3, -0.25) is 4.79 Å². The molecule has 1 aromatic carbocycles. The summed E-state index contributed by atoms with van der Waals surface area (Å²) >= 11 is 0. The third-order valence-corrected chi connectivity index (χ3v) is 6.32. The van der Waals surface area contributed by atoms with E-state index in [9.17, 15) is 13.2 Å². The molecular formula is C17H24N2O5S. The van der Waals surface area contributed by atoms with Gasteiger partial charge in [-0.1, -0.05) is 0 Å². The van der Waals surface area contributed by atoms with E-state index in [1.807, 2.05) is 25.1 Å². The minimum atomic E-state index is -3.02. The van der Waals surface area contributed by atoms with Gasteiger partial charge in [0.05, 0.1) is 11.5 Å². The minimum absolute atomic E-state index is 0.0589. The Balaban J connectivity index is 1.67. The fraction of sp³-hybridized carbons (Fsp3) is 0.588. The highest BCUT2D eigenvalue weighted by atomic mass is 32.2. The number of nitrogens with zero attached hydrogens (tertiary/aromatic N) is 1. The van der Waals surface area contributed by atoms with Gasteiger partial charge in [-0.15, -0.1) is 0 Å². The molecule has 2 aliphatic rings. The molecule has 0 aromatic heterocycles. The Morgan fingerprint density at radius 1 is 1.32 bits per heavy atom. The van der Waals surface area contributed by atoms with Gasteiger partial charge >= 0.3 is 0 Å². The second kappa shape index (κ2) is 7.11. The van der Waals surface area contributed by atoms with Crippen molar-refractivity contribution in [3.63, 3.8) is 0 Å². The van der Waals surface area contributed by atoms with Crippen molar-refractivity contribution in [2.45, 2.75) is 32.4 Å². The van der Waals surface area contributed by atoms with Crippen LogP contribution in [0.2, 0.25) is 0 Å². The SMILES string of the molecule is CCN(C(=O)[C@@H](C)Nc1ccc2c(c1)OCCO2)[C@@H]1CCS(=O)(=O)C1. The molecule has 3 rings (SSSR count). The monoisotopic (exact) mass is 368 g/mol. The summed E-state index contributed by atoms with van der Waals surface area (Å²) in [4.78, 5) is 14.4. The maximum atomic E-state index is 12.8. The van der Waals surface area contributed by atoms with Gasteiger partial charge in [-0.2, -0.15) is 0 Å². The molecule has 1 saturated heterocycles. The summed E-state index contributed by atoms with van der Waals surface area (Å²) in [5.41, 5.74) is 0.764. The number of likely N-dealkylation sites (N-methyl/N-ethyl adjacent to an activating group) is 1. The Morgan fingerprint density at radius 2 is 2.04 bits per heavy atom. The maximum Gasteiger partial charge on any atom is 0.245 e. The number of carbonyl (C=O) groups excluding carboxylic acids is 1. The molecule has 2 atom stereocenters. The van der Waals surface area contributed by atoms with Crippen LogP contribution in [0, 0.1) is 0 Å². The minimum Gasteiger partial charge on any atom is -0.486 e. The van der Waals surface area contributed by atoms with E-state index in [0.717, 1.165) is 5.69 Å². The normalized spacial score (nSPS) is 22.2. The molecule has 0 spiro atoms. The third-order valence-electron chi connectivity index (χ3n) is 4.57. The van der Waals surface area contributed by atoms with Crippen molar-refractivity contribution in [3.05, 3.63) is 18.2 Å². The molecule has 1 fully saturated rings. The zero-order chi connectivity index (χ0) is 18.0. The molecule has 0 aliphatic carbocycles. The molecular weight excluding hydrogens is 344 g/mol. The predicted molar refractivity (Wildman–Crippen MR) is 95.0 cm³/mol. The summed E-state index contributed by atoms with van der Waals surface area (Å²) in [5.74, 6) is 1.47. The molecule has 8 heteroatoms. The fourth-order valence-electron chi connectivity index (χ4n) is 3.31. The largest absolute Gasteiger partial charge is 0.486 e. The van der Waals surface area contributed by atoms with Crippen molar-refractivity contribution < 1.29 is 22.7 Å². The summed E-state index contributed by atoms with van der Waals surface area (Å²) in [7, 11) is -3.02. The van der Waals surface area contributed by atoms with Crippen LogP contribution in [0.15, 0.2) is 18.2 Å². The van der Waals surface area contributed by atoms with Crippen LogP contribution in [0.3, 0.4) is 0 Å². The highest BCUT2D eigenvalue weighted by molar-refractivity contribution is 7.91. The van der Waals surface area contributed by atoms with E-state index in [4.69, 9.17) is 9.47 Å². The first-order valence-corrected chi connectivity index (χ1v) is 10.4. The summed E-state index contributed by atoms with van der Waals surface area (Å²) < 4.78 is 34.4. The van der Waals surface area contributed by atoms with E-state index in [-0.39, 0.29) is 23.5 Å². The van der Waals surface area contributed by atoms with Crippen molar-refractivity contribution in [2.24, 2.45) is 0 Å². The van der Waals surface area contributed by atoms with E-state index in [2.05, 4.69) is 5.32 Å². The lowest BCUT2D eigenvalue weighted by atomic mass is 10.1. The van der Waals surface area contributed by atoms with Crippen molar-refractivity contribution in [1.29, 1.82) is 0 Å². The molecule has 2 aliphatic heterocycles. The molecule has 1 N–H and O–H groups in total. The second-order valence-electron chi connectivity index (χ2n) is 6.41. The molecule has 0 bridgehead atoms. The number of nitrogens with one attached hydrogen (secondary N) is 1. The molecule has 0 radical (unpaired) electrons. The van der Waals surface area contributed by atoms with Gasteiger partial charge in [-0.25, -0.2) is 8.42 Å². The Labute approximate surface area is 148 Å². The molecule has 0 saturated carbocycles. The van der Waals surface area contributed by atoms with Crippen molar-refractivity contribution in [3.8, 4) is 11.5 Å². The first-order valence-electron chi connectivity index (χ1n) is 8.56. The number of rotatable bonds is 5. The van der Waals surface area contributed by atoms with Crippen LogP contribution < -0.4 is 14.8 Å². The Morgan fingerprint density at radius 3 is 2.68 bits per heavy atom. The Hall–Kier alpha value is -1.96. The number of anilines is 1.